The van der Waals surface area contributed by atoms with Crippen LogP contribution in [0.5, 0.6) is 0 Å². The van der Waals surface area contributed by atoms with E-state index in [-0.39, 0.29) is 11.8 Å². The van der Waals surface area contributed by atoms with Gasteiger partial charge in [0.1, 0.15) is 0 Å². The average Bonchev–Trinajstić information content (AvgIpc) is 2.71. The van der Waals surface area contributed by atoms with Gasteiger partial charge in [0.2, 0.25) is 5.91 Å². The third-order valence-corrected chi connectivity index (χ3v) is 6.40. The number of hydrogen-bond donors (Lipinski definition) is 1. The molecule has 5 nitrogen and oxygen atoms in total. The Morgan fingerprint density at radius 3 is 2.71 bits per heavy atom. The van der Waals surface area contributed by atoms with Crippen molar-refractivity contribution >= 4 is 5.91 Å². The van der Waals surface area contributed by atoms with Crippen LogP contribution < -0.4 is 5.32 Å². The Labute approximate surface area is 170 Å². The number of nitrogens with one attached hydrogen (secondary N) is 1. The monoisotopic (exact) mass is 387 g/mol. The maximum Gasteiger partial charge on any atom is 0.224 e. The van der Waals surface area contributed by atoms with E-state index in [0.717, 1.165) is 45.6 Å². The number of rotatable bonds is 7. The zero-order chi connectivity index (χ0) is 19.9. The molecule has 1 aromatic carbocycles. The molecule has 0 saturated carbocycles. The molecule has 2 saturated heterocycles. The number of ether oxygens (including phenoxy) is 1. The number of nitrogens with zero attached hydrogens (tertiary/aromatic N) is 2. The van der Waals surface area contributed by atoms with Crippen molar-refractivity contribution in [2.75, 3.05) is 46.4 Å². The molecule has 1 atom stereocenters. The molecule has 0 radical (unpaired) electrons. The zero-order valence-electron chi connectivity index (χ0n) is 17.9. The van der Waals surface area contributed by atoms with Gasteiger partial charge in [0.25, 0.3) is 0 Å². The second-order valence-electron chi connectivity index (χ2n) is 8.56. The number of amides is 1. The van der Waals surface area contributed by atoms with E-state index < -0.39 is 0 Å². The van der Waals surface area contributed by atoms with E-state index in [2.05, 4.69) is 47.2 Å². The number of hydrogen-bond acceptors (Lipinski definition) is 4. The van der Waals surface area contributed by atoms with Gasteiger partial charge < -0.3 is 10.1 Å². The Hall–Kier alpha value is -1.43. The van der Waals surface area contributed by atoms with Gasteiger partial charge in [0.15, 0.2) is 0 Å². The minimum absolute atomic E-state index is 0.138. The smallest absolute Gasteiger partial charge is 0.224 e. The third kappa shape index (κ3) is 5.79. The van der Waals surface area contributed by atoms with Gasteiger partial charge in [-0.05, 0) is 70.3 Å². The highest BCUT2D eigenvalue weighted by Gasteiger charge is 2.31. The number of benzene rings is 1. The molecule has 1 N–H and O–H groups in total. The Bertz CT molecular complexity index is 641. The van der Waals surface area contributed by atoms with Crippen molar-refractivity contribution in [1.82, 2.24) is 15.1 Å². The molecule has 0 spiro atoms. The van der Waals surface area contributed by atoms with Crippen molar-refractivity contribution in [3.63, 3.8) is 0 Å². The predicted molar refractivity (Wildman–Crippen MR) is 113 cm³/mol. The van der Waals surface area contributed by atoms with Gasteiger partial charge in [-0.15, -0.1) is 0 Å². The first-order chi connectivity index (χ1) is 13.6. The van der Waals surface area contributed by atoms with Crippen LogP contribution in [0.4, 0.5) is 0 Å². The lowest BCUT2D eigenvalue weighted by Gasteiger charge is -2.42. The minimum atomic E-state index is 0.138. The quantitative estimate of drug-likeness (QED) is 0.731. The Morgan fingerprint density at radius 2 is 1.96 bits per heavy atom. The lowest BCUT2D eigenvalue weighted by Crippen LogP contribution is -2.50. The number of carbonyl (C=O) groups excluding carboxylic acids is 1. The zero-order valence-corrected chi connectivity index (χ0v) is 17.9. The molecule has 28 heavy (non-hydrogen) atoms. The molecule has 2 aliphatic heterocycles. The summed E-state index contributed by atoms with van der Waals surface area (Å²) in [5.74, 6) is 0.340. The van der Waals surface area contributed by atoms with E-state index >= 15 is 0 Å². The van der Waals surface area contributed by atoms with Crippen LogP contribution in [-0.2, 0) is 16.1 Å². The van der Waals surface area contributed by atoms with E-state index in [1.54, 1.807) is 7.11 Å². The summed E-state index contributed by atoms with van der Waals surface area (Å²) in [4.78, 5) is 17.6. The van der Waals surface area contributed by atoms with Crippen LogP contribution >= 0.6 is 0 Å². The molecule has 0 unspecified atom stereocenters. The maximum absolute atomic E-state index is 12.4. The van der Waals surface area contributed by atoms with Crippen molar-refractivity contribution in [2.24, 2.45) is 5.92 Å². The van der Waals surface area contributed by atoms with Gasteiger partial charge in [-0.25, -0.2) is 0 Å². The van der Waals surface area contributed by atoms with Crippen LogP contribution in [-0.4, -0.2) is 68.2 Å². The molecule has 5 heteroatoms. The van der Waals surface area contributed by atoms with E-state index in [0.29, 0.717) is 19.2 Å². The first kappa shape index (κ1) is 21.3. The maximum atomic E-state index is 12.4. The van der Waals surface area contributed by atoms with E-state index in [1.165, 1.54) is 29.5 Å². The van der Waals surface area contributed by atoms with Crippen molar-refractivity contribution in [2.45, 2.75) is 52.1 Å². The lowest BCUT2D eigenvalue weighted by atomic mass is 9.93. The molecule has 1 aromatic rings. The molecular weight excluding hydrogens is 350 g/mol. The van der Waals surface area contributed by atoms with Crippen LogP contribution in [0, 0.1) is 19.8 Å². The van der Waals surface area contributed by atoms with Crippen LogP contribution in [0.25, 0.3) is 0 Å². The Morgan fingerprint density at radius 1 is 1.18 bits per heavy atom. The molecule has 156 valence electrons. The van der Waals surface area contributed by atoms with Gasteiger partial charge >= 0.3 is 0 Å². The fourth-order valence-corrected chi connectivity index (χ4v) is 4.63. The summed E-state index contributed by atoms with van der Waals surface area (Å²) >= 11 is 0. The SMILES string of the molecule is COCCNC(=O)[C@@H]1CCCN(C2CCN(Cc3cc(C)ccc3C)CC2)C1. The van der Waals surface area contributed by atoms with Gasteiger partial charge in [0.05, 0.1) is 12.5 Å². The summed E-state index contributed by atoms with van der Waals surface area (Å²) in [6.45, 7) is 11.0. The van der Waals surface area contributed by atoms with Gasteiger partial charge in [-0.2, -0.15) is 0 Å². The highest BCUT2D eigenvalue weighted by Crippen LogP contribution is 2.25. The normalized spacial score (nSPS) is 22.3. The van der Waals surface area contributed by atoms with E-state index in [1.807, 2.05) is 0 Å². The molecule has 1 amide bonds. The molecule has 0 bridgehead atoms. The molecular formula is C23H37N3O2. The average molecular weight is 388 g/mol. The van der Waals surface area contributed by atoms with Gasteiger partial charge in [0, 0.05) is 32.8 Å². The second-order valence-corrected chi connectivity index (χ2v) is 8.56. The highest BCUT2D eigenvalue weighted by molar-refractivity contribution is 5.78. The van der Waals surface area contributed by atoms with Crippen LogP contribution in [0.3, 0.4) is 0 Å². The predicted octanol–water partition coefficient (Wildman–Crippen LogP) is 2.74. The Balaban J connectivity index is 1.46. The van der Waals surface area contributed by atoms with Crippen molar-refractivity contribution < 1.29 is 9.53 Å². The second kappa shape index (κ2) is 10.4. The van der Waals surface area contributed by atoms with Crippen molar-refractivity contribution in [3.05, 3.63) is 34.9 Å². The minimum Gasteiger partial charge on any atom is -0.383 e. The summed E-state index contributed by atoms with van der Waals surface area (Å²) in [6.07, 6.45) is 4.57. The molecule has 3 rings (SSSR count). The van der Waals surface area contributed by atoms with Crippen molar-refractivity contribution in [1.29, 1.82) is 0 Å². The third-order valence-electron chi connectivity index (χ3n) is 6.40. The van der Waals surface area contributed by atoms with Crippen LogP contribution in [0.1, 0.15) is 42.4 Å². The molecule has 2 fully saturated rings. The number of likely N-dealkylation sites (tertiary alicyclic amines) is 2. The summed E-state index contributed by atoms with van der Waals surface area (Å²) in [6, 6.07) is 7.40. The summed E-state index contributed by atoms with van der Waals surface area (Å²) in [5, 5.41) is 3.02. The topological polar surface area (TPSA) is 44.8 Å². The summed E-state index contributed by atoms with van der Waals surface area (Å²) < 4.78 is 5.03. The first-order valence-corrected chi connectivity index (χ1v) is 10.9. The number of piperidine rings is 2. The molecule has 0 aliphatic carbocycles. The largest absolute Gasteiger partial charge is 0.383 e. The highest BCUT2D eigenvalue weighted by atomic mass is 16.5. The standard InChI is InChI=1S/C23H37N3O2/c1-18-6-7-19(2)21(15-18)16-25-12-8-22(9-13-25)26-11-4-5-20(17-26)23(27)24-10-14-28-3/h6-7,15,20,22H,4-5,8-14,16-17H2,1-3H3,(H,24,27)/t20-/m1/s1. The van der Waals surface area contributed by atoms with E-state index in [9.17, 15) is 4.79 Å². The summed E-state index contributed by atoms with van der Waals surface area (Å²) in [5.41, 5.74) is 4.20. The first-order valence-electron chi connectivity index (χ1n) is 10.9. The molecule has 0 aromatic heterocycles. The van der Waals surface area contributed by atoms with Gasteiger partial charge in [-0.3, -0.25) is 14.6 Å². The number of carbonyl (C=O) groups is 1. The molecule has 2 aliphatic rings. The lowest BCUT2D eigenvalue weighted by molar-refractivity contribution is -0.127. The summed E-state index contributed by atoms with van der Waals surface area (Å²) in [7, 11) is 1.67. The van der Waals surface area contributed by atoms with Gasteiger partial charge in [-0.1, -0.05) is 23.8 Å². The number of methoxy groups -OCH3 is 1. The van der Waals surface area contributed by atoms with Crippen LogP contribution in [0.2, 0.25) is 0 Å². The van der Waals surface area contributed by atoms with Crippen LogP contribution in [0.15, 0.2) is 18.2 Å². The molecule has 2 heterocycles. The van der Waals surface area contributed by atoms with Crippen molar-refractivity contribution in [3.8, 4) is 0 Å². The van der Waals surface area contributed by atoms with E-state index in [4.69, 9.17) is 4.74 Å². The number of aryl methyl sites for hydroxylation is 2. The fraction of sp³-hybridized carbons (Fsp3) is 0.696. The fourth-order valence-electron chi connectivity index (χ4n) is 4.63. The Kier molecular flexibility index (Phi) is 7.89.